The summed E-state index contributed by atoms with van der Waals surface area (Å²) < 4.78 is 1.81. The van der Waals surface area contributed by atoms with Crippen molar-refractivity contribution < 1.29 is 4.79 Å². The van der Waals surface area contributed by atoms with Crippen LogP contribution in [0.5, 0.6) is 0 Å². The number of carbonyl (C=O) groups excluding carboxylic acids is 1. The first-order chi connectivity index (χ1) is 9.49. The van der Waals surface area contributed by atoms with E-state index < -0.39 is 0 Å². The van der Waals surface area contributed by atoms with E-state index in [9.17, 15) is 9.59 Å². The Morgan fingerprint density at radius 3 is 2.95 bits per heavy atom. The monoisotopic (exact) mass is 277 g/mol. The van der Waals surface area contributed by atoms with Crippen molar-refractivity contribution in [3.8, 4) is 0 Å². The van der Waals surface area contributed by atoms with Gasteiger partial charge in [0.2, 0.25) is 0 Å². The second kappa shape index (κ2) is 6.22. The Bertz CT molecular complexity index is 545. The molecule has 0 radical (unpaired) electrons. The molecule has 1 amide bonds. The quantitative estimate of drug-likeness (QED) is 0.887. The summed E-state index contributed by atoms with van der Waals surface area (Å²) in [4.78, 5) is 26.0. The first kappa shape index (κ1) is 14.8. The van der Waals surface area contributed by atoms with Crippen molar-refractivity contribution in [2.45, 2.75) is 19.8 Å². The van der Waals surface area contributed by atoms with E-state index in [4.69, 9.17) is 0 Å². The van der Waals surface area contributed by atoms with Crippen LogP contribution in [0.2, 0.25) is 0 Å². The zero-order chi connectivity index (χ0) is 14.7. The van der Waals surface area contributed by atoms with Crippen LogP contribution in [0.1, 0.15) is 28.9 Å². The van der Waals surface area contributed by atoms with Gasteiger partial charge in [-0.15, -0.1) is 0 Å². The molecular formula is C15H23N3O2. The molecule has 1 aliphatic rings. The molecule has 0 aromatic carbocycles. The molecule has 0 spiro atoms. The third-order valence-electron chi connectivity index (χ3n) is 3.99. The molecule has 2 rings (SSSR count). The van der Waals surface area contributed by atoms with E-state index in [1.807, 2.05) is 18.5 Å². The van der Waals surface area contributed by atoms with Gasteiger partial charge in [0, 0.05) is 38.6 Å². The predicted octanol–water partition coefficient (Wildman–Crippen LogP) is 0.765. The standard InChI is InChI=1S/C15H23N3O2/c1-11-7-14(19)13(10-17(11)2)15(20)18(3)9-12-5-4-6-16-8-12/h7,10,12,16H,4-6,8-9H2,1-3H3/t12-/m0/s1. The Morgan fingerprint density at radius 1 is 1.55 bits per heavy atom. The lowest BCUT2D eigenvalue weighted by atomic mass is 9.99. The Kier molecular flexibility index (Phi) is 4.60. The second-order valence-corrected chi connectivity index (χ2v) is 5.70. The second-order valence-electron chi connectivity index (χ2n) is 5.70. The average molecular weight is 277 g/mol. The number of piperidine rings is 1. The summed E-state index contributed by atoms with van der Waals surface area (Å²) in [5.74, 6) is 0.295. The lowest BCUT2D eigenvalue weighted by Gasteiger charge is -2.27. The fraction of sp³-hybridized carbons (Fsp3) is 0.600. The minimum atomic E-state index is -0.195. The molecule has 1 fully saturated rings. The van der Waals surface area contributed by atoms with Crippen molar-refractivity contribution in [2.24, 2.45) is 13.0 Å². The Hall–Kier alpha value is -1.62. The minimum Gasteiger partial charge on any atom is -0.354 e. The Morgan fingerprint density at radius 2 is 2.30 bits per heavy atom. The van der Waals surface area contributed by atoms with E-state index in [1.165, 1.54) is 6.07 Å². The summed E-state index contributed by atoms with van der Waals surface area (Å²) in [5, 5.41) is 3.34. The Balaban J connectivity index is 2.10. The van der Waals surface area contributed by atoms with Gasteiger partial charge in [-0.2, -0.15) is 0 Å². The largest absolute Gasteiger partial charge is 0.354 e. The number of pyridine rings is 1. The van der Waals surface area contributed by atoms with Gasteiger partial charge in [-0.3, -0.25) is 9.59 Å². The zero-order valence-electron chi connectivity index (χ0n) is 12.5. The van der Waals surface area contributed by atoms with Gasteiger partial charge in [0.25, 0.3) is 5.91 Å². The topological polar surface area (TPSA) is 54.3 Å². The van der Waals surface area contributed by atoms with E-state index in [-0.39, 0.29) is 16.9 Å². The van der Waals surface area contributed by atoms with Crippen LogP contribution in [0.4, 0.5) is 0 Å². The number of nitrogens with one attached hydrogen (secondary N) is 1. The van der Waals surface area contributed by atoms with Crippen molar-refractivity contribution in [2.75, 3.05) is 26.7 Å². The number of rotatable bonds is 3. The molecule has 1 aromatic heterocycles. The molecule has 0 aliphatic carbocycles. The van der Waals surface area contributed by atoms with Crippen LogP contribution in [-0.2, 0) is 7.05 Å². The van der Waals surface area contributed by atoms with Gasteiger partial charge in [-0.25, -0.2) is 0 Å². The smallest absolute Gasteiger partial charge is 0.259 e. The van der Waals surface area contributed by atoms with Crippen LogP contribution in [0.25, 0.3) is 0 Å². The molecule has 5 nitrogen and oxygen atoms in total. The van der Waals surface area contributed by atoms with E-state index >= 15 is 0 Å². The van der Waals surface area contributed by atoms with Crippen molar-refractivity contribution >= 4 is 5.91 Å². The summed E-state index contributed by atoms with van der Waals surface area (Å²) >= 11 is 0. The van der Waals surface area contributed by atoms with Gasteiger partial charge in [-0.05, 0) is 38.8 Å². The van der Waals surface area contributed by atoms with Gasteiger partial charge in [0.1, 0.15) is 5.56 Å². The predicted molar refractivity (Wildman–Crippen MR) is 79.0 cm³/mol. The summed E-state index contributed by atoms with van der Waals surface area (Å²) in [6, 6.07) is 1.52. The van der Waals surface area contributed by atoms with Gasteiger partial charge in [-0.1, -0.05) is 0 Å². The number of hydrogen-bond acceptors (Lipinski definition) is 3. The summed E-state index contributed by atoms with van der Waals surface area (Å²) in [6.07, 6.45) is 3.92. The van der Waals surface area contributed by atoms with Crippen LogP contribution in [-0.4, -0.2) is 42.1 Å². The molecule has 2 heterocycles. The van der Waals surface area contributed by atoms with Crippen molar-refractivity contribution in [1.82, 2.24) is 14.8 Å². The third kappa shape index (κ3) is 3.28. The third-order valence-corrected chi connectivity index (χ3v) is 3.99. The zero-order valence-corrected chi connectivity index (χ0v) is 12.5. The SMILES string of the molecule is Cc1cc(=O)c(C(=O)N(C)C[C@H]2CCCNC2)cn1C. The lowest BCUT2D eigenvalue weighted by molar-refractivity contribution is 0.0762. The summed E-state index contributed by atoms with van der Waals surface area (Å²) in [6.45, 7) is 4.56. The molecule has 0 unspecified atom stereocenters. The van der Waals surface area contributed by atoms with Gasteiger partial charge in [0.15, 0.2) is 5.43 Å². The fourth-order valence-electron chi connectivity index (χ4n) is 2.64. The normalized spacial score (nSPS) is 18.9. The number of carbonyl (C=O) groups is 1. The van der Waals surface area contributed by atoms with Crippen molar-refractivity contribution in [3.05, 3.63) is 33.7 Å². The molecule has 0 bridgehead atoms. The highest BCUT2D eigenvalue weighted by Gasteiger charge is 2.20. The van der Waals surface area contributed by atoms with Crippen LogP contribution >= 0.6 is 0 Å². The first-order valence-corrected chi connectivity index (χ1v) is 7.12. The molecule has 1 atom stereocenters. The maximum absolute atomic E-state index is 12.4. The lowest BCUT2D eigenvalue weighted by Crippen LogP contribution is -2.40. The van der Waals surface area contributed by atoms with Crippen molar-refractivity contribution in [3.63, 3.8) is 0 Å². The van der Waals surface area contributed by atoms with Crippen LogP contribution in [0.15, 0.2) is 17.1 Å². The number of aryl methyl sites for hydroxylation is 2. The number of hydrogen-bond donors (Lipinski definition) is 1. The van der Waals surface area contributed by atoms with Crippen LogP contribution < -0.4 is 10.7 Å². The highest BCUT2D eigenvalue weighted by molar-refractivity contribution is 5.93. The maximum Gasteiger partial charge on any atom is 0.259 e. The molecule has 1 aliphatic heterocycles. The molecule has 0 saturated carbocycles. The van der Waals surface area contributed by atoms with E-state index in [0.717, 1.165) is 31.6 Å². The number of nitrogens with zero attached hydrogens (tertiary/aromatic N) is 2. The van der Waals surface area contributed by atoms with E-state index in [0.29, 0.717) is 12.5 Å². The van der Waals surface area contributed by atoms with Gasteiger partial charge < -0.3 is 14.8 Å². The molecule has 1 N–H and O–H groups in total. The maximum atomic E-state index is 12.4. The van der Waals surface area contributed by atoms with Gasteiger partial charge >= 0.3 is 0 Å². The first-order valence-electron chi connectivity index (χ1n) is 7.12. The number of aromatic nitrogens is 1. The molecule has 1 saturated heterocycles. The number of amides is 1. The Labute approximate surface area is 119 Å². The average Bonchev–Trinajstić information content (AvgIpc) is 2.43. The highest BCUT2D eigenvalue weighted by atomic mass is 16.2. The molecule has 20 heavy (non-hydrogen) atoms. The van der Waals surface area contributed by atoms with Crippen LogP contribution in [0.3, 0.4) is 0 Å². The fourth-order valence-corrected chi connectivity index (χ4v) is 2.64. The summed E-state index contributed by atoms with van der Waals surface area (Å²) in [7, 11) is 3.62. The van der Waals surface area contributed by atoms with Crippen LogP contribution in [0, 0.1) is 12.8 Å². The molecule has 1 aromatic rings. The van der Waals surface area contributed by atoms with E-state index in [2.05, 4.69) is 5.32 Å². The van der Waals surface area contributed by atoms with Gasteiger partial charge in [0.05, 0.1) is 0 Å². The molecular weight excluding hydrogens is 254 g/mol. The van der Waals surface area contributed by atoms with E-state index in [1.54, 1.807) is 18.1 Å². The molecule has 5 heteroatoms. The van der Waals surface area contributed by atoms with Crippen molar-refractivity contribution in [1.29, 1.82) is 0 Å². The molecule has 110 valence electrons. The minimum absolute atomic E-state index is 0.184. The highest BCUT2D eigenvalue weighted by Crippen LogP contribution is 2.12. The summed E-state index contributed by atoms with van der Waals surface area (Å²) in [5.41, 5.74) is 0.911.